The molecule has 0 aromatic heterocycles. The summed E-state index contributed by atoms with van der Waals surface area (Å²) in [7, 11) is -3.76. The normalized spacial score (nSPS) is 11.2. The number of hydrogen-bond donors (Lipinski definition) is 2. The Morgan fingerprint density at radius 2 is 1.57 bits per heavy atom. The molecule has 0 bridgehead atoms. The van der Waals surface area contributed by atoms with Crippen molar-refractivity contribution in [2.45, 2.75) is 25.7 Å². The van der Waals surface area contributed by atoms with E-state index in [-0.39, 0.29) is 11.5 Å². The quantitative estimate of drug-likeness (QED) is 0.547. The number of amides is 1. The molecular weight excluding hydrogens is 380 g/mol. The summed E-state index contributed by atoms with van der Waals surface area (Å²) < 4.78 is 32.3. The van der Waals surface area contributed by atoms with Crippen LogP contribution in [-0.2, 0) is 24.3 Å². The highest BCUT2D eigenvalue weighted by Gasteiger charge is 2.14. The van der Waals surface area contributed by atoms with Gasteiger partial charge in [-0.15, -0.1) is 0 Å². The molecule has 1 amide bonds. The first-order valence-electron chi connectivity index (χ1n) is 8.56. The SMILES string of the molecule is CCOC(=O)C=CC(=O)Nc1ccc(S(=O)(=O)Nc2cc(C)cc(C)c2)cc1. The van der Waals surface area contributed by atoms with Gasteiger partial charge in [-0.05, 0) is 68.3 Å². The molecule has 0 heterocycles. The number of ether oxygens (including phenoxy) is 1. The Morgan fingerprint density at radius 3 is 2.14 bits per heavy atom. The molecular formula is C20H22N2O5S. The van der Waals surface area contributed by atoms with Crippen molar-refractivity contribution in [1.29, 1.82) is 0 Å². The first-order valence-corrected chi connectivity index (χ1v) is 10.0. The van der Waals surface area contributed by atoms with Gasteiger partial charge in [-0.2, -0.15) is 0 Å². The molecule has 2 aromatic rings. The maximum atomic E-state index is 12.5. The number of anilines is 2. The Bertz CT molecular complexity index is 976. The van der Waals surface area contributed by atoms with E-state index in [1.54, 1.807) is 19.1 Å². The number of benzene rings is 2. The highest BCUT2D eigenvalue weighted by atomic mass is 32.2. The first-order chi connectivity index (χ1) is 13.2. The van der Waals surface area contributed by atoms with Crippen molar-refractivity contribution >= 4 is 33.3 Å². The second-order valence-electron chi connectivity index (χ2n) is 6.08. The molecule has 0 saturated heterocycles. The van der Waals surface area contributed by atoms with Gasteiger partial charge in [0.05, 0.1) is 11.5 Å². The van der Waals surface area contributed by atoms with Crippen LogP contribution in [0.15, 0.2) is 59.5 Å². The van der Waals surface area contributed by atoms with Crippen LogP contribution in [0, 0.1) is 13.8 Å². The highest BCUT2D eigenvalue weighted by Crippen LogP contribution is 2.20. The van der Waals surface area contributed by atoms with Gasteiger partial charge < -0.3 is 10.1 Å². The second-order valence-corrected chi connectivity index (χ2v) is 7.76. The smallest absolute Gasteiger partial charge is 0.330 e. The molecule has 2 N–H and O–H groups in total. The van der Waals surface area contributed by atoms with Gasteiger partial charge in [-0.3, -0.25) is 9.52 Å². The van der Waals surface area contributed by atoms with Crippen molar-refractivity contribution in [3.05, 3.63) is 65.7 Å². The lowest BCUT2D eigenvalue weighted by atomic mass is 10.1. The summed E-state index contributed by atoms with van der Waals surface area (Å²) in [6.45, 7) is 5.66. The van der Waals surface area contributed by atoms with Crippen LogP contribution in [0.3, 0.4) is 0 Å². The van der Waals surface area contributed by atoms with Crippen LogP contribution in [0.2, 0.25) is 0 Å². The fourth-order valence-electron chi connectivity index (χ4n) is 2.48. The van der Waals surface area contributed by atoms with E-state index in [0.29, 0.717) is 11.4 Å². The molecule has 0 fully saturated rings. The minimum atomic E-state index is -3.76. The molecule has 0 aliphatic carbocycles. The van der Waals surface area contributed by atoms with E-state index in [0.717, 1.165) is 23.3 Å². The maximum Gasteiger partial charge on any atom is 0.330 e. The largest absolute Gasteiger partial charge is 0.463 e. The third kappa shape index (κ3) is 6.24. The summed E-state index contributed by atoms with van der Waals surface area (Å²) >= 11 is 0. The van der Waals surface area contributed by atoms with Crippen molar-refractivity contribution in [2.75, 3.05) is 16.6 Å². The predicted molar refractivity (Wildman–Crippen MR) is 108 cm³/mol. The van der Waals surface area contributed by atoms with Gasteiger partial charge in [0.15, 0.2) is 0 Å². The molecule has 0 saturated carbocycles. The molecule has 7 nitrogen and oxygen atoms in total. The number of nitrogens with one attached hydrogen (secondary N) is 2. The molecule has 2 aromatic carbocycles. The van der Waals surface area contributed by atoms with E-state index in [2.05, 4.69) is 14.8 Å². The molecule has 0 atom stereocenters. The molecule has 0 aliphatic rings. The van der Waals surface area contributed by atoms with Crippen LogP contribution in [0.4, 0.5) is 11.4 Å². The number of sulfonamides is 1. The molecule has 0 radical (unpaired) electrons. The van der Waals surface area contributed by atoms with Gasteiger partial charge in [0, 0.05) is 23.5 Å². The summed E-state index contributed by atoms with van der Waals surface area (Å²) in [5, 5.41) is 2.53. The van der Waals surface area contributed by atoms with E-state index >= 15 is 0 Å². The Labute approximate surface area is 164 Å². The second kappa shape index (κ2) is 9.18. The van der Waals surface area contributed by atoms with Crippen LogP contribution >= 0.6 is 0 Å². The zero-order valence-electron chi connectivity index (χ0n) is 15.9. The van der Waals surface area contributed by atoms with Gasteiger partial charge in [0.25, 0.3) is 10.0 Å². The third-order valence-electron chi connectivity index (χ3n) is 3.56. The average Bonchev–Trinajstić information content (AvgIpc) is 2.59. The lowest BCUT2D eigenvalue weighted by Gasteiger charge is -2.10. The number of carbonyl (C=O) groups excluding carboxylic acids is 2. The summed E-state index contributed by atoms with van der Waals surface area (Å²) in [6.07, 6.45) is 2.07. The molecule has 0 unspecified atom stereocenters. The summed E-state index contributed by atoms with van der Waals surface area (Å²) in [5.74, 6) is -1.14. The Balaban J connectivity index is 2.06. The lowest BCUT2D eigenvalue weighted by molar-refractivity contribution is -0.137. The fourth-order valence-corrected chi connectivity index (χ4v) is 3.52. The molecule has 28 heavy (non-hydrogen) atoms. The number of rotatable bonds is 7. The average molecular weight is 402 g/mol. The number of aryl methyl sites for hydroxylation is 2. The Morgan fingerprint density at radius 1 is 0.964 bits per heavy atom. The minimum absolute atomic E-state index is 0.0618. The third-order valence-corrected chi connectivity index (χ3v) is 4.96. The number of carbonyl (C=O) groups is 2. The first kappa shape index (κ1) is 21.2. The van der Waals surface area contributed by atoms with Crippen LogP contribution in [0.1, 0.15) is 18.1 Å². The van der Waals surface area contributed by atoms with E-state index in [1.807, 2.05) is 19.9 Å². The summed E-state index contributed by atoms with van der Waals surface area (Å²) in [5.41, 5.74) is 2.78. The molecule has 0 aliphatic heterocycles. The molecule has 2 rings (SSSR count). The molecule has 8 heteroatoms. The topological polar surface area (TPSA) is 102 Å². The van der Waals surface area contributed by atoms with Crippen LogP contribution < -0.4 is 10.0 Å². The van der Waals surface area contributed by atoms with Crippen LogP contribution in [0.5, 0.6) is 0 Å². The van der Waals surface area contributed by atoms with Gasteiger partial charge in [-0.1, -0.05) is 6.07 Å². The maximum absolute atomic E-state index is 12.5. The van der Waals surface area contributed by atoms with Gasteiger partial charge in [0.2, 0.25) is 5.91 Å². The standard InChI is InChI=1S/C20H22N2O5S/c1-4-27-20(24)10-9-19(23)21-16-5-7-18(8-6-16)28(25,26)22-17-12-14(2)11-15(3)13-17/h5-13,22H,4H2,1-3H3,(H,21,23). The lowest BCUT2D eigenvalue weighted by Crippen LogP contribution is -2.14. The van der Waals surface area contributed by atoms with Crippen molar-refractivity contribution in [2.24, 2.45) is 0 Å². The van der Waals surface area contributed by atoms with Gasteiger partial charge in [0.1, 0.15) is 0 Å². The molecule has 148 valence electrons. The van der Waals surface area contributed by atoms with Gasteiger partial charge in [-0.25, -0.2) is 13.2 Å². The summed E-state index contributed by atoms with van der Waals surface area (Å²) in [6, 6.07) is 11.1. The minimum Gasteiger partial charge on any atom is -0.463 e. The van der Waals surface area contributed by atoms with Crippen molar-refractivity contribution < 1.29 is 22.7 Å². The van der Waals surface area contributed by atoms with E-state index in [1.165, 1.54) is 24.3 Å². The predicted octanol–water partition coefficient (Wildman–Crippen LogP) is 3.16. The Hall–Kier alpha value is -3.13. The zero-order valence-corrected chi connectivity index (χ0v) is 16.7. The Kier molecular flexibility index (Phi) is 6.94. The fraction of sp³-hybridized carbons (Fsp3) is 0.200. The van der Waals surface area contributed by atoms with Crippen molar-refractivity contribution in [3.8, 4) is 0 Å². The van der Waals surface area contributed by atoms with E-state index < -0.39 is 21.9 Å². The monoisotopic (exact) mass is 402 g/mol. The zero-order chi connectivity index (χ0) is 20.7. The number of hydrogen-bond acceptors (Lipinski definition) is 5. The highest BCUT2D eigenvalue weighted by molar-refractivity contribution is 7.92. The van der Waals surface area contributed by atoms with Crippen molar-refractivity contribution in [3.63, 3.8) is 0 Å². The summed E-state index contributed by atoms with van der Waals surface area (Å²) in [4.78, 5) is 23.0. The van der Waals surface area contributed by atoms with Crippen molar-refractivity contribution in [1.82, 2.24) is 0 Å². The van der Waals surface area contributed by atoms with Gasteiger partial charge >= 0.3 is 5.97 Å². The number of esters is 1. The van der Waals surface area contributed by atoms with Crippen LogP contribution in [-0.4, -0.2) is 26.9 Å². The van der Waals surface area contributed by atoms with E-state index in [4.69, 9.17) is 0 Å². The molecule has 0 spiro atoms. The van der Waals surface area contributed by atoms with E-state index in [9.17, 15) is 18.0 Å². The van der Waals surface area contributed by atoms with Crippen LogP contribution in [0.25, 0.3) is 0 Å².